The van der Waals surface area contributed by atoms with Crippen LogP contribution in [0.1, 0.15) is 20.3 Å². The van der Waals surface area contributed by atoms with Crippen molar-refractivity contribution in [3.63, 3.8) is 0 Å². The monoisotopic (exact) mass is 275 g/mol. The summed E-state index contributed by atoms with van der Waals surface area (Å²) in [6, 6.07) is 5.17. The van der Waals surface area contributed by atoms with Crippen molar-refractivity contribution < 1.29 is 13.2 Å². The Morgan fingerprint density at radius 1 is 1.47 bits per heavy atom. The van der Waals surface area contributed by atoms with E-state index in [0.29, 0.717) is 11.4 Å². The maximum atomic E-state index is 11.9. The maximum Gasteiger partial charge on any atom is 0.241 e. The van der Waals surface area contributed by atoms with E-state index in [2.05, 4.69) is 4.72 Å². The van der Waals surface area contributed by atoms with Gasteiger partial charge in [-0.15, -0.1) is 0 Å². The predicted octanol–water partition coefficient (Wildman–Crippen LogP) is 1.99. The van der Waals surface area contributed by atoms with Crippen LogP contribution in [0.3, 0.4) is 0 Å². The van der Waals surface area contributed by atoms with Gasteiger partial charge in [0.05, 0.1) is 10.9 Å². The normalized spacial score (nSPS) is 13.4. The highest BCUT2D eigenvalue weighted by Crippen LogP contribution is 2.15. The fourth-order valence-electron chi connectivity index (χ4n) is 1.31. The van der Waals surface area contributed by atoms with Crippen molar-refractivity contribution in [2.45, 2.75) is 31.2 Å². The summed E-state index contributed by atoms with van der Waals surface area (Å²) in [6.45, 7) is 3.21. The fraction of sp³-hybridized carbons (Fsp3) is 0.364. The average molecular weight is 276 g/mol. The summed E-state index contributed by atoms with van der Waals surface area (Å²) >= 11 is 5.72. The lowest BCUT2D eigenvalue weighted by molar-refractivity contribution is -0.119. The van der Waals surface area contributed by atoms with Crippen LogP contribution in [-0.4, -0.2) is 20.2 Å². The van der Waals surface area contributed by atoms with Gasteiger partial charge in [-0.25, -0.2) is 13.1 Å². The Bertz CT molecular complexity index is 513. The molecular formula is C11H14ClNO3S. The lowest BCUT2D eigenvalue weighted by atomic mass is 10.2. The molecule has 0 aliphatic rings. The van der Waals surface area contributed by atoms with Crippen LogP contribution < -0.4 is 4.72 Å². The van der Waals surface area contributed by atoms with E-state index in [1.54, 1.807) is 19.1 Å². The van der Waals surface area contributed by atoms with E-state index in [4.69, 9.17) is 11.6 Å². The number of benzene rings is 1. The molecule has 0 bridgehead atoms. The van der Waals surface area contributed by atoms with Gasteiger partial charge in [0.25, 0.3) is 0 Å². The van der Waals surface area contributed by atoms with Crippen molar-refractivity contribution in [3.8, 4) is 0 Å². The minimum absolute atomic E-state index is 0.0563. The topological polar surface area (TPSA) is 63.2 Å². The first kappa shape index (κ1) is 14.2. The fourth-order valence-corrected chi connectivity index (χ4v) is 2.83. The molecule has 0 aliphatic carbocycles. The quantitative estimate of drug-likeness (QED) is 0.894. The van der Waals surface area contributed by atoms with Crippen molar-refractivity contribution in [3.05, 3.63) is 29.3 Å². The number of carbonyl (C=O) groups is 1. The van der Waals surface area contributed by atoms with Crippen molar-refractivity contribution >= 4 is 27.4 Å². The molecular weight excluding hydrogens is 262 g/mol. The zero-order valence-electron chi connectivity index (χ0n) is 9.60. The first-order valence-electron chi connectivity index (χ1n) is 5.17. The molecule has 1 atom stereocenters. The van der Waals surface area contributed by atoms with Crippen molar-refractivity contribution in [2.75, 3.05) is 0 Å². The van der Waals surface area contributed by atoms with Crippen molar-refractivity contribution in [1.29, 1.82) is 0 Å². The third-order valence-electron chi connectivity index (χ3n) is 2.27. The Balaban J connectivity index is 2.93. The van der Waals surface area contributed by atoms with Crippen molar-refractivity contribution in [1.82, 2.24) is 4.72 Å². The summed E-state index contributed by atoms with van der Waals surface area (Å²) < 4.78 is 26.1. The second-order valence-corrected chi connectivity index (χ2v) is 5.77. The van der Waals surface area contributed by atoms with Gasteiger partial charge in [-0.2, -0.15) is 0 Å². The minimum atomic E-state index is -3.69. The molecule has 0 fully saturated rings. The molecule has 0 aromatic heterocycles. The standard InChI is InChI=1S/C11H14ClNO3S/c1-3-11(14)8(2)13-17(15,16)10-6-4-5-9(12)7-10/h4-8,13H,3H2,1-2H3. The Labute approximate surface area is 106 Å². The molecule has 1 N–H and O–H groups in total. The Kier molecular flexibility index (Phi) is 4.68. The molecule has 0 spiro atoms. The molecule has 6 heteroatoms. The highest BCUT2D eigenvalue weighted by atomic mass is 35.5. The molecule has 0 amide bonds. The molecule has 0 saturated carbocycles. The van der Waals surface area contributed by atoms with Crippen LogP contribution in [0.2, 0.25) is 5.02 Å². The zero-order chi connectivity index (χ0) is 13.1. The molecule has 4 nitrogen and oxygen atoms in total. The number of ketones is 1. The van der Waals surface area contributed by atoms with Gasteiger partial charge in [0, 0.05) is 11.4 Å². The number of sulfonamides is 1. The highest BCUT2D eigenvalue weighted by Gasteiger charge is 2.20. The van der Waals surface area contributed by atoms with Gasteiger partial charge in [0.1, 0.15) is 5.78 Å². The molecule has 1 unspecified atom stereocenters. The first-order chi connectivity index (χ1) is 7.86. The summed E-state index contributed by atoms with van der Waals surface area (Å²) in [6.07, 6.45) is 0.291. The predicted molar refractivity (Wildman–Crippen MR) is 66.5 cm³/mol. The lowest BCUT2D eigenvalue weighted by Crippen LogP contribution is -2.38. The van der Waals surface area contributed by atoms with Crippen LogP contribution in [0.5, 0.6) is 0 Å². The van der Waals surface area contributed by atoms with Crippen LogP contribution >= 0.6 is 11.6 Å². The highest BCUT2D eigenvalue weighted by molar-refractivity contribution is 7.89. The minimum Gasteiger partial charge on any atom is -0.298 e. The Morgan fingerprint density at radius 3 is 2.65 bits per heavy atom. The van der Waals surface area contributed by atoms with Crippen LogP contribution in [-0.2, 0) is 14.8 Å². The molecule has 0 saturated heterocycles. The van der Waals surface area contributed by atoms with Crippen LogP contribution in [0.4, 0.5) is 0 Å². The molecule has 0 aliphatic heterocycles. The van der Waals surface area contributed by atoms with E-state index in [1.807, 2.05) is 0 Å². The summed E-state index contributed by atoms with van der Waals surface area (Å²) in [4.78, 5) is 11.4. The van der Waals surface area contributed by atoms with E-state index < -0.39 is 16.1 Å². The van der Waals surface area contributed by atoms with Crippen LogP contribution in [0.15, 0.2) is 29.2 Å². The van der Waals surface area contributed by atoms with E-state index in [1.165, 1.54) is 19.1 Å². The molecule has 1 rings (SSSR count). The van der Waals surface area contributed by atoms with Crippen LogP contribution in [0.25, 0.3) is 0 Å². The SMILES string of the molecule is CCC(=O)C(C)NS(=O)(=O)c1cccc(Cl)c1. The van der Waals surface area contributed by atoms with Crippen molar-refractivity contribution in [2.24, 2.45) is 0 Å². The third kappa shape index (κ3) is 3.80. The number of Topliss-reactive ketones (excluding diaryl/α,β-unsaturated/α-hetero) is 1. The average Bonchev–Trinajstić information content (AvgIpc) is 2.27. The Morgan fingerprint density at radius 2 is 2.12 bits per heavy atom. The largest absolute Gasteiger partial charge is 0.298 e. The van der Waals surface area contributed by atoms with Gasteiger partial charge in [0.15, 0.2) is 0 Å². The first-order valence-corrected chi connectivity index (χ1v) is 7.03. The van der Waals surface area contributed by atoms with E-state index >= 15 is 0 Å². The van der Waals surface area contributed by atoms with E-state index in [-0.39, 0.29) is 10.7 Å². The number of carbonyl (C=O) groups excluding carboxylic acids is 1. The Hall–Kier alpha value is -0.910. The molecule has 17 heavy (non-hydrogen) atoms. The number of nitrogens with one attached hydrogen (secondary N) is 1. The van der Waals surface area contributed by atoms with Gasteiger partial charge in [-0.3, -0.25) is 4.79 Å². The van der Waals surface area contributed by atoms with Gasteiger partial charge in [-0.1, -0.05) is 24.6 Å². The number of hydrogen-bond acceptors (Lipinski definition) is 3. The summed E-state index contributed by atoms with van der Waals surface area (Å²) in [5.41, 5.74) is 0. The molecule has 1 aromatic rings. The molecule has 0 heterocycles. The molecule has 94 valence electrons. The smallest absolute Gasteiger partial charge is 0.241 e. The lowest BCUT2D eigenvalue weighted by Gasteiger charge is -2.12. The zero-order valence-corrected chi connectivity index (χ0v) is 11.2. The van der Waals surface area contributed by atoms with Crippen LogP contribution in [0, 0.1) is 0 Å². The molecule has 0 radical (unpaired) electrons. The van der Waals surface area contributed by atoms with Gasteiger partial charge in [-0.05, 0) is 25.1 Å². The summed E-state index contributed by atoms with van der Waals surface area (Å²) in [5, 5.41) is 0.336. The van der Waals surface area contributed by atoms with E-state index in [9.17, 15) is 13.2 Å². The summed E-state index contributed by atoms with van der Waals surface area (Å²) in [7, 11) is -3.69. The van der Waals surface area contributed by atoms with Gasteiger partial charge < -0.3 is 0 Å². The maximum absolute atomic E-state index is 11.9. The van der Waals surface area contributed by atoms with E-state index in [0.717, 1.165) is 0 Å². The second kappa shape index (κ2) is 5.62. The summed E-state index contributed by atoms with van der Waals surface area (Å²) in [5.74, 6) is -0.157. The van der Waals surface area contributed by atoms with Gasteiger partial charge >= 0.3 is 0 Å². The number of hydrogen-bond donors (Lipinski definition) is 1. The third-order valence-corrected chi connectivity index (χ3v) is 4.04. The number of halogens is 1. The number of rotatable bonds is 5. The van der Waals surface area contributed by atoms with Gasteiger partial charge in [0.2, 0.25) is 10.0 Å². The molecule has 1 aromatic carbocycles. The second-order valence-electron chi connectivity index (χ2n) is 3.62.